The Labute approximate surface area is 182 Å². The van der Waals surface area contributed by atoms with Crippen molar-refractivity contribution in [1.82, 2.24) is 14.8 Å². The highest BCUT2D eigenvalue weighted by atomic mass is 16.6. The Kier molecular flexibility index (Phi) is 5.46. The molecule has 3 aromatic rings. The summed E-state index contributed by atoms with van der Waals surface area (Å²) in [6.07, 6.45) is 1.35. The molecule has 0 saturated carbocycles. The summed E-state index contributed by atoms with van der Waals surface area (Å²) in [5, 5.41) is 21.5. The van der Waals surface area contributed by atoms with Crippen LogP contribution >= 0.6 is 0 Å². The Morgan fingerprint density at radius 1 is 1.22 bits per heavy atom. The lowest BCUT2D eigenvalue weighted by Crippen LogP contribution is -2.31. The number of carbonyl (C=O) groups excluding carboxylic acids is 1. The third kappa shape index (κ3) is 3.71. The number of carbonyl (C=O) groups is 1. The number of nitro groups is 1. The minimum absolute atomic E-state index is 0.0862. The van der Waals surface area contributed by atoms with Crippen molar-refractivity contribution in [1.29, 1.82) is 0 Å². The van der Waals surface area contributed by atoms with Crippen LogP contribution in [0.15, 0.2) is 60.1 Å². The second-order valence-corrected chi connectivity index (χ2v) is 6.97. The van der Waals surface area contributed by atoms with Gasteiger partial charge in [-0.3, -0.25) is 14.9 Å². The van der Waals surface area contributed by atoms with Crippen molar-refractivity contribution in [3.8, 4) is 11.5 Å². The lowest BCUT2D eigenvalue weighted by molar-refractivity contribution is -0.384. The molecule has 4 rings (SSSR count). The maximum atomic E-state index is 13.4. The van der Waals surface area contributed by atoms with Gasteiger partial charge in [-0.15, -0.1) is 0 Å². The van der Waals surface area contributed by atoms with Gasteiger partial charge in [-0.1, -0.05) is 12.1 Å². The summed E-state index contributed by atoms with van der Waals surface area (Å²) in [5.74, 6) is 1.01. The molecular formula is C21H20N6O5. The zero-order chi connectivity index (χ0) is 22.8. The number of nitrogens with zero attached hydrogens (tertiary/aromatic N) is 4. The number of allylic oxidation sites excluding steroid dienone is 1. The molecule has 1 aliphatic heterocycles. The molecule has 32 heavy (non-hydrogen) atoms. The van der Waals surface area contributed by atoms with Gasteiger partial charge < -0.3 is 20.1 Å². The number of non-ortho nitro benzene ring substituents is 1. The highest BCUT2D eigenvalue weighted by Gasteiger charge is 2.34. The van der Waals surface area contributed by atoms with Crippen LogP contribution < -0.4 is 20.1 Å². The predicted molar refractivity (Wildman–Crippen MR) is 116 cm³/mol. The van der Waals surface area contributed by atoms with Crippen molar-refractivity contribution in [3.63, 3.8) is 0 Å². The third-order valence-corrected chi connectivity index (χ3v) is 5.09. The van der Waals surface area contributed by atoms with E-state index >= 15 is 0 Å². The van der Waals surface area contributed by atoms with E-state index < -0.39 is 16.9 Å². The number of nitrogens with one attached hydrogen (secondary N) is 2. The molecule has 2 heterocycles. The summed E-state index contributed by atoms with van der Waals surface area (Å²) >= 11 is 0. The Hall–Kier alpha value is -4.41. The molecule has 0 spiro atoms. The molecule has 1 amide bonds. The first-order valence-electron chi connectivity index (χ1n) is 9.58. The van der Waals surface area contributed by atoms with Gasteiger partial charge >= 0.3 is 0 Å². The molecule has 2 aromatic carbocycles. The molecule has 0 fully saturated rings. The molecule has 11 nitrogen and oxygen atoms in total. The Morgan fingerprint density at radius 2 is 2.03 bits per heavy atom. The molecule has 1 atom stereocenters. The van der Waals surface area contributed by atoms with E-state index in [0.717, 1.165) is 0 Å². The number of benzene rings is 2. The standard InChI is InChI=1S/C21H20N6O5/c1-12-18(20(28)25-16-8-7-15(31-2)10-17(16)32-3)19(26-21(24-12)22-11-23-26)13-5-4-6-14(9-13)27(29)30/h4-11,19H,1-3H3,(H,25,28)(H,22,23,24)/t19-/m0/s1. The second-order valence-electron chi connectivity index (χ2n) is 6.97. The third-order valence-electron chi connectivity index (χ3n) is 5.09. The monoisotopic (exact) mass is 436 g/mol. The van der Waals surface area contributed by atoms with Crippen LogP contribution in [0.5, 0.6) is 11.5 Å². The van der Waals surface area contributed by atoms with Crippen molar-refractivity contribution < 1.29 is 19.2 Å². The number of methoxy groups -OCH3 is 2. The smallest absolute Gasteiger partial charge is 0.269 e. The normalized spacial score (nSPS) is 14.9. The van der Waals surface area contributed by atoms with Crippen LogP contribution in [0.2, 0.25) is 0 Å². The summed E-state index contributed by atoms with van der Waals surface area (Å²) in [6, 6.07) is 10.4. The largest absolute Gasteiger partial charge is 0.497 e. The molecule has 1 aromatic heterocycles. The molecule has 0 aliphatic carbocycles. The summed E-state index contributed by atoms with van der Waals surface area (Å²) in [6.45, 7) is 1.74. The maximum Gasteiger partial charge on any atom is 0.269 e. The number of fused-ring (bicyclic) bond motifs is 1. The van der Waals surface area contributed by atoms with Gasteiger partial charge in [0.25, 0.3) is 11.6 Å². The first kappa shape index (κ1) is 20.8. The zero-order valence-electron chi connectivity index (χ0n) is 17.5. The van der Waals surface area contributed by atoms with Crippen LogP contribution in [0.3, 0.4) is 0 Å². The number of hydrogen-bond acceptors (Lipinski definition) is 8. The second kappa shape index (κ2) is 8.38. The van der Waals surface area contributed by atoms with E-state index in [1.807, 2.05) is 0 Å². The highest BCUT2D eigenvalue weighted by molar-refractivity contribution is 6.06. The van der Waals surface area contributed by atoms with Crippen LogP contribution in [-0.2, 0) is 4.79 Å². The van der Waals surface area contributed by atoms with Gasteiger partial charge in [0.05, 0.1) is 30.4 Å². The summed E-state index contributed by atoms with van der Waals surface area (Å²) < 4.78 is 12.1. The van der Waals surface area contributed by atoms with Crippen molar-refractivity contribution >= 4 is 23.2 Å². The Morgan fingerprint density at radius 3 is 2.75 bits per heavy atom. The number of rotatable bonds is 6. The number of hydrogen-bond donors (Lipinski definition) is 2. The molecule has 0 bridgehead atoms. The molecule has 2 N–H and O–H groups in total. The van der Waals surface area contributed by atoms with Gasteiger partial charge in [-0.25, -0.2) is 4.68 Å². The van der Waals surface area contributed by atoms with Crippen LogP contribution in [0.4, 0.5) is 17.3 Å². The minimum atomic E-state index is -0.724. The van der Waals surface area contributed by atoms with E-state index in [4.69, 9.17) is 9.47 Å². The fourth-order valence-electron chi connectivity index (χ4n) is 3.59. The average Bonchev–Trinajstić information content (AvgIpc) is 3.26. The molecular weight excluding hydrogens is 416 g/mol. The Bertz CT molecular complexity index is 1230. The van der Waals surface area contributed by atoms with Crippen molar-refractivity contribution in [2.24, 2.45) is 0 Å². The first-order valence-corrected chi connectivity index (χ1v) is 9.58. The van der Waals surface area contributed by atoms with E-state index in [9.17, 15) is 14.9 Å². The molecule has 0 unspecified atom stereocenters. The fourth-order valence-corrected chi connectivity index (χ4v) is 3.59. The van der Waals surface area contributed by atoms with Gasteiger partial charge in [-0.05, 0) is 24.6 Å². The zero-order valence-corrected chi connectivity index (χ0v) is 17.5. The van der Waals surface area contributed by atoms with E-state index in [0.29, 0.717) is 40.0 Å². The van der Waals surface area contributed by atoms with E-state index in [1.54, 1.807) is 37.3 Å². The molecule has 1 aliphatic rings. The van der Waals surface area contributed by atoms with Crippen molar-refractivity contribution in [3.05, 3.63) is 75.7 Å². The summed E-state index contributed by atoms with van der Waals surface area (Å²) in [5.41, 5.74) is 1.77. The fraction of sp³-hybridized carbons (Fsp3) is 0.190. The summed E-state index contributed by atoms with van der Waals surface area (Å²) in [4.78, 5) is 28.5. The van der Waals surface area contributed by atoms with Gasteiger partial charge in [0.2, 0.25) is 5.95 Å². The van der Waals surface area contributed by atoms with Gasteiger partial charge in [0.15, 0.2) is 0 Å². The number of aromatic nitrogens is 3. The van der Waals surface area contributed by atoms with Crippen molar-refractivity contribution in [2.75, 3.05) is 24.9 Å². The highest BCUT2D eigenvalue weighted by Crippen LogP contribution is 2.37. The lowest BCUT2D eigenvalue weighted by atomic mass is 9.94. The predicted octanol–water partition coefficient (Wildman–Crippen LogP) is 3.13. The lowest BCUT2D eigenvalue weighted by Gasteiger charge is -2.28. The van der Waals surface area contributed by atoms with Gasteiger partial charge in [0.1, 0.15) is 23.9 Å². The van der Waals surface area contributed by atoms with E-state index in [-0.39, 0.29) is 5.69 Å². The molecule has 164 valence electrons. The number of anilines is 2. The summed E-state index contributed by atoms with van der Waals surface area (Å²) in [7, 11) is 3.03. The van der Waals surface area contributed by atoms with Crippen LogP contribution in [0.25, 0.3) is 0 Å². The van der Waals surface area contributed by atoms with E-state index in [1.165, 1.54) is 37.4 Å². The number of ether oxygens (including phenoxy) is 2. The van der Waals surface area contributed by atoms with Crippen LogP contribution in [0.1, 0.15) is 18.5 Å². The molecule has 0 saturated heterocycles. The Balaban J connectivity index is 1.76. The molecule has 11 heteroatoms. The average molecular weight is 436 g/mol. The number of amides is 1. The molecule has 0 radical (unpaired) electrons. The van der Waals surface area contributed by atoms with Gasteiger partial charge in [-0.2, -0.15) is 10.1 Å². The van der Waals surface area contributed by atoms with Gasteiger partial charge in [0, 0.05) is 23.9 Å². The minimum Gasteiger partial charge on any atom is -0.497 e. The maximum absolute atomic E-state index is 13.4. The number of nitro benzene ring substituents is 1. The van der Waals surface area contributed by atoms with Crippen molar-refractivity contribution in [2.45, 2.75) is 13.0 Å². The quantitative estimate of drug-likeness (QED) is 0.445. The van der Waals surface area contributed by atoms with E-state index in [2.05, 4.69) is 20.7 Å². The SMILES string of the molecule is COc1ccc(NC(=O)C2=C(C)Nc3ncnn3[C@H]2c2cccc([N+](=O)[O-])c2)c(OC)c1. The topological polar surface area (TPSA) is 133 Å². The van der Waals surface area contributed by atoms with Crippen LogP contribution in [0, 0.1) is 10.1 Å². The first-order chi connectivity index (χ1) is 15.4. The van der Waals surface area contributed by atoms with Crippen LogP contribution in [-0.4, -0.2) is 39.8 Å².